The van der Waals surface area contributed by atoms with Crippen molar-refractivity contribution in [3.05, 3.63) is 33.8 Å². The van der Waals surface area contributed by atoms with Gasteiger partial charge < -0.3 is 5.32 Å². The van der Waals surface area contributed by atoms with E-state index >= 15 is 0 Å². The van der Waals surface area contributed by atoms with Gasteiger partial charge in [0.05, 0.1) is 0 Å². The Kier molecular flexibility index (Phi) is 3.76. The zero-order chi connectivity index (χ0) is 9.84. The first-order valence-electron chi connectivity index (χ1n) is 4.61. The predicted octanol–water partition coefficient (Wildman–Crippen LogP) is 3.07. The third kappa shape index (κ3) is 2.71. The summed E-state index contributed by atoms with van der Waals surface area (Å²) in [6.07, 6.45) is 0. The van der Waals surface area contributed by atoms with Gasteiger partial charge in [0.1, 0.15) is 0 Å². The molecular formula is C11H16ClN. The Morgan fingerprint density at radius 3 is 2.46 bits per heavy atom. The van der Waals surface area contributed by atoms with Gasteiger partial charge in [0.15, 0.2) is 0 Å². The topological polar surface area (TPSA) is 12.0 Å². The van der Waals surface area contributed by atoms with Crippen molar-refractivity contribution in [3.8, 4) is 0 Å². The van der Waals surface area contributed by atoms with Gasteiger partial charge in [0.2, 0.25) is 0 Å². The molecule has 0 bridgehead atoms. The zero-order valence-electron chi connectivity index (χ0n) is 8.45. The van der Waals surface area contributed by atoms with Gasteiger partial charge in [-0.3, -0.25) is 0 Å². The molecule has 0 saturated heterocycles. The predicted molar refractivity (Wildman–Crippen MR) is 58.3 cm³/mol. The average Bonchev–Trinajstić information content (AvgIpc) is 2.09. The molecule has 1 aromatic carbocycles. The van der Waals surface area contributed by atoms with E-state index in [9.17, 15) is 0 Å². The van der Waals surface area contributed by atoms with Crippen molar-refractivity contribution in [2.45, 2.75) is 27.3 Å². The fraction of sp³-hybridized carbons (Fsp3) is 0.455. The minimum Gasteiger partial charge on any atom is -0.313 e. The Balaban J connectivity index is 2.88. The normalized spacial score (nSPS) is 10.5. The van der Waals surface area contributed by atoms with Crippen molar-refractivity contribution < 1.29 is 0 Å². The molecule has 13 heavy (non-hydrogen) atoms. The van der Waals surface area contributed by atoms with Gasteiger partial charge in [-0.2, -0.15) is 0 Å². The summed E-state index contributed by atoms with van der Waals surface area (Å²) in [5.41, 5.74) is 3.74. The number of aryl methyl sites for hydroxylation is 2. The van der Waals surface area contributed by atoms with Crippen molar-refractivity contribution in [3.63, 3.8) is 0 Å². The van der Waals surface area contributed by atoms with Gasteiger partial charge in [0, 0.05) is 11.6 Å². The fourth-order valence-corrected chi connectivity index (χ4v) is 1.52. The van der Waals surface area contributed by atoms with E-state index in [4.69, 9.17) is 11.6 Å². The molecule has 2 heteroatoms. The Labute approximate surface area is 85.1 Å². The molecule has 1 nitrogen and oxygen atoms in total. The second-order valence-corrected chi connectivity index (χ2v) is 3.72. The molecule has 0 unspecified atom stereocenters. The van der Waals surface area contributed by atoms with Crippen LogP contribution in [-0.2, 0) is 6.54 Å². The lowest BCUT2D eigenvalue weighted by molar-refractivity contribution is 0.726. The number of rotatable bonds is 3. The first-order chi connectivity index (χ1) is 6.15. The maximum Gasteiger partial charge on any atom is 0.0453 e. The highest BCUT2D eigenvalue weighted by molar-refractivity contribution is 6.31. The van der Waals surface area contributed by atoms with Crippen molar-refractivity contribution in [2.24, 2.45) is 0 Å². The molecule has 0 fully saturated rings. The van der Waals surface area contributed by atoms with E-state index in [-0.39, 0.29) is 0 Å². The molecule has 0 spiro atoms. The minimum atomic E-state index is 0.858. The average molecular weight is 198 g/mol. The summed E-state index contributed by atoms with van der Waals surface area (Å²) in [6.45, 7) is 8.12. The Morgan fingerprint density at radius 2 is 1.85 bits per heavy atom. The molecule has 1 N–H and O–H groups in total. The van der Waals surface area contributed by atoms with Crippen LogP contribution in [0.2, 0.25) is 5.02 Å². The second kappa shape index (κ2) is 4.64. The highest BCUT2D eigenvalue weighted by atomic mass is 35.5. The van der Waals surface area contributed by atoms with Crippen LogP contribution in [0, 0.1) is 13.8 Å². The molecule has 0 radical (unpaired) electrons. The summed E-state index contributed by atoms with van der Waals surface area (Å²) in [6, 6.07) is 4.18. The maximum atomic E-state index is 6.10. The lowest BCUT2D eigenvalue weighted by Gasteiger charge is -2.08. The highest BCUT2D eigenvalue weighted by Crippen LogP contribution is 2.20. The Bertz CT molecular complexity index is 294. The fourth-order valence-electron chi connectivity index (χ4n) is 1.24. The Morgan fingerprint density at radius 1 is 1.23 bits per heavy atom. The van der Waals surface area contributed by atoms with Crippen LogP contribution in [0.15, 0.2) is 12.1 Å². The summed E-state index contributed by atoms with van der Waals surface area (Å²) < 4.78 is 0. The standard InChI is InChI=1S/C11H16ClN/c1-4-13-7-10-5-8(2)9(3)6-11(10)12/h5-6,13H,4,7H2,1-3H3. The molecule has 0 aliphatic heterocycles. The molecule has 0 aliphatic rings. The monoisotopic (exact) mass is 197 g/mol. The van der Waals surface area contributed by atoms with Gasteiger partial charge in [-0.1, -0.05) is 24.6 Å². The van der Waals surface area contributed by atoms with E-state index in [1.165, 1.54) is 16.7 Å². The quantitative estimate of drug-likeness (QED) is 0.786. The van der Waals surface area contributed by atoms with Crippen molar-refractivity contribution in [1.29, 1.82) is 0 Å². The van der Waals surface area contributed by atoms with E-state index in [2.05, 4.69) is 32.2 Å². The number of benzene rings is 1. The van der Waals surface area contributed by atoms with Gasteiger partial charge in [-0.15, -0.1) is 0 Å². The molecule has 1 rings (SSSR count). The number of nitrogens with one attached hydrogen (secondary N) is 1. The number of halogens is 1. The number of hydrogen-bond acceptors (Lipinski definition) is 1. The van der Waals surface area contributed by atoms with E-state index in [0.29, 0.717) is 0 Å². The maximum absolute atomic E-state index is 6.10. The summed E-state index contributed by atoms with van der Waals surface area (Å²) in [5, 5.41) is 4.13. The molecule has 0 aromatic heterocycles. The molecular weight excluding hydrogens is 182 g/mol. The first kappa shape index (κ1) is 10.6. The smallest absolute Gasteiger partial charge is 0.0453 e. The molecule has 0 heterocycles. The molecule has 0 atom stereocenters. The summed E-state index contributed by atoms with van der Waals surface area (Å²) in [7, 11) is 0. The Hall–Kier alpha value is -0.530. The van der Waals surface area contributed by atoms with Gasteiger partial charge in [0.25, 0.3) is 0 Å². The number of hydrogen-bond donors (Lipinski definition) is 1. The summed E-state index contributed by atoms with van der Waals surface area (Å²) in [4.78, 5) is 0. The van der Waals surface area contributed by atoms with Crippen molar-refractivity contribution in [1.82, 2.24) is 5.32 Å². The van der Waals surface area contributed by atoms with Crippen LogP contribution in [0.1, 0.15) is 23.6 Å². The molecule has 0 saturated carbocycles. The minimum absolute atomic E-state index is 0.858. The third-order valence-corrected chi connectivity index (χ3v) is 2.58. The first-order valence-corrected chi connectivity index (χ1v) is 4.99. The van der Waals surface area contributed by atoms with Crippen LogP contribution < -0.4 is 5.32 Å². The SMILES string of the molecule is CCNCc1cc(C)c(C)cc1Cl. The van der Waals surface area contributed by atoms with Crippen LogP contribution in [0.3, 0.4) is 0 Å². The van der Waals surface area contributed by atoms with Gasteiger partial charge in [-0.25, -0.2) is 0 Å². The van der Waals surface area contributed by atoms with Crippen LogP contribution in [0.4, 0.5) is 0 Å². The molecule has 1 aromatic rings. The third-order valence-electron chi connectivity index (χ3n) is 2.23. The molecule has 0 aliphatic carbocycles. The van der Waals surface area contributed by atoms with E-state index in [1.54, 1.807) is 0 Å². The van der Waals surface area contributed by atoms with Crippen LogP contribution >= 0.6 is 11.6 Å². The second-order valence-electron chi connectivity index (χ2n) is 3.31. The van der Waals surface area contributed by atoms with Gasteiger partial charge in [-0.05, 0) is 43.1 Å². The van der Waals surface area contributed by atoms with Crippen LogP contribution in [0.5, 0.6) is 0 Å². The van der Waals surface area contributed by atoms with Gasteiger partial charge >= 0.3 is 0 Å². The van der Waals surface area contributed by atoms with Crippen molar-refractivity contribution in [2.75, 3.05) is 6.54 Å². The van der Waals surface area contributed by atoms with Crippen LogP contribution in [0.25, 0.3) is 0 Å². The van der Waals surface area contributed by atoms with Crippen molar-refractivity contribution >= 4 is 11.6 Å². The van der Waals surface area contributed by atoms with E-state index < -0.39 is 0 Å². The summed E-state index contributed by atoms with van der Waals surface area (Å²) in [5.74, 6) is 0. The summed E-state index contributed by atoms with van der Waals surface area (Å²) >= 11 is 6.10. The van der Waals surface area contributed by atoms with E-state index in [1.807, 2.05) is 6.07 Å². The van der Waals surface area contributed by atoms with E-state index in [0.717, 1.165) is 18.1 Å². The molecule has 0 amide bonds. The highest BCUT2D eigenvalue weighted by Gasteiger charge is 2.02. The largest absolute Gasteiger partial charge is 0.313 e. The van der Waals surface area contributed by atoms with Crippen LogP contribution in [-0.4, -0.2) is 6.54 Å². The lowest BCUT2D eigenvalue weighted by atomic mass is 10.1. The zero-order valence-corrected chi connectivity index (χ0v) is 9.20. The molecule has 72 valence electrons. The lowest BCUT2D eigenvalue weighted by Crippen LogP contribution is -2.12.